The molecule has 0 spiro atoms. The minimum absolute atomic E-state index is 0.582. The summed E-state index contributed by atoms with van der Waals surface area (Å²) in [5.74, 6) is -7.98. The van der Waals surface area contributed by atoms with Gasteiger partial charge >= 0.3 is 0 Å². The van der Waals surface area contributed by atoms with Crippen LogP contribution >= 0.6 is 11.6 Å². The molecule has 18 heavy (non-hydrogen) atoms. The second-order valence-corrected chi connectivity index (χ2v) is 3.80. The predicted octanol–water partition coefficient (Wildman–Crippen LogP) is 4.70. The van der Waals surface area contributed by atoms with Crippen LogP contribution in [0.15, 0.2) is 24.3 Å². The van der Waals surface area contributed by atoms with Crippen molar-refractivity contribution in [2.75, 3.05) is 0 Å². The van der Waals surface area contributed by atoms with Gasteiger partial charge in [0.15, 0.2) is 23.3 Å². The molecule has 2 rings (SSSR count). The Hall–Kier alpha value is -1.62. The summed E-state index contributed by atoms with van der Waals surface area (Å²) in [4.78, 5) is 0. The quantitative estimate of drug-likeness (QED) is 0.403. The van der Waals surface area contributed by atoms with Crippen molar-refractivity contribution in [2.24, 2.45) is 0 Å². The molecule has 94 valence electrons. The van der Waals surface area contributed by atoms with E-state index in [0.717, 1.165) is 12.1 Å². The minimum Gasteiger partial charge on any atom is -0.206 e. The third-order valence-corrected chi connectivity index (χ3v) is 2.68. The van der Waals surface area contributed by atoms with Crippen LogP contribution in [0.25, 0.3) is 11.1 Å². The average Bonchev–Trinajstić information content (AvgIpc) is 2.36. The number of hydrogen-bond donors (Lipinski definition) is 0. The Morgan fingerprint density at radius 3 is 1.72 bits per heavy atom. The second kappa shape index (κ2) is 4.57. The molecule has 0 aliphatic rings. The zero-order chi connectivity index (χ0) is 13.4. The fourth-order valence-corrected chi connectivity index (χ4v) is 1.67. The van der Waals surface area contributed by atoms with Crippen molar-refractivity contribution in [1.82, 2.24) is 0 Å². The van der Waals surface area contributed by atoms with Crippen LogP contribution in [0.2, 0.25) is 5.02 Å². The summed E-state index contributed by atoms with van der Waals surface area (Å²) in [7, 11) is 0. The zero-order valence-electron chi connectivity index (χ0n) is 8.58. The molecule has 0 fully saturated rings. The van der Waals surface area contributed by atoms with Gasteiger partial charge in [-0.1, -0.05) is 29.8 Å². The van der Waals surface area contributed by atoms with Crippen LogP contribution in [0.3, 0.4) is 0 Å². The maximum atomic E-state index is 13.5. The highest BCUT2D eigenvalue weighted by molar-refractivity contribution is 6.31. The summed E-state index contributed by atoms with van der Waals surface area (Å²) in [5, 5.41) is -1.30. The van der Waals surface area contributed by atoms with Crippen LogP contribution in [0.1, 0.15) is 0 Å². The first-order valence-electron chi connectivity index (χ1n) is 4.71. The van der Waals surface area contributed by atoms with Crippen molar-refractivity contribution in [1.29, 1.82) is 0 Å². The molecule has 0 aliphatic carbocycles. The van der Waals surface area contributed by atoms with Gasteiger partial charge in [0.05, 0.1) is 5.56 Å². The first-order chi connectivity index (χ1) is 8.45. The Morgan fingerprint density at radius 2 is 1.22 bits per heavy atom. The van der Waals surface area contributed by atoms with Gasteiger partial charge < -0.3 is 0 Å². The zero-order valence-corrected chi connectivity index (χ0v) is 9.33. The maximum absolute atomic E-state index is 13.5. The number of hydrogen-bond acceptors (Lipinski definition) is 0. The molecule has 2 aromatic rings. The van der Waals surface area contributed by atoms with Crippen molar-refractivity contribution in [3.05, 3.63) is 58.4 Å². The smallest absolute Gasteiger partial charge is 0.181 e. The van der Waals surface area contributed by atoms with Gasteiger partial charge in [-0.05, 0) is 6.07 Å². The SMILES string of the molecule is Fc1ccccc1-c1c(F)c(F)c(Cl)c(F)c1F. The summed E-state index contributed by atoms with van der Waals surface area (Å²) in [6.07, 6.45) is 0. The molecular formula is C12H4ClF5. The van der Waals surface area contributed by atoms with Crippen LogP contribution < -0.4 is 0 Å². The van der Waals surface area contributed by atoms with Crippen LogP contribution in [-0.4, -0.2) is 0 Å². The molecule has 6 heteroatoms. The van der Waals surface area contributed by atoms with E-state index in [1.54, 1.807) is 0 Å². The van der Waals surface area contributed by atoms with Gasteiger partial charge in [-0.15, -0.1) is 0 Å². The highest BCUT2D eigenvalue weighted by atomic mass is 35.5. The van der Waals surface area contributed by atoms with Gasteiger partial charge in [0.2, 0.25) is 0 Å². The molecule has 0 saturated heterocycles. The van der Waals surface area contributed by atoms with Gasteiger partial charge in [-0.3, -0.25) is 0 Å². The molecule has 0 radical (unpaired) electrons. The normalized spacial score (nSPS) is 10.8. The van der Waals surface area contributed by atoms with Gasteiger partial charge in [-0.2, -0.15) is 0 Å². The Balaban J connectivity index is 2.85. The molecule has 0 atom stereocenters. The van der Waals surface area contributed by atoms with Gasteiger partial charge in [0.1, 0.15) is 10.8 Å². The Labute approximate surface area is 104 Å². The third-order valence-electron chi connectivity index (χ3n) is 2.35. The fraction of sp³-hybridized carbons (Fsp3) is 0. The standard InChI is InChI=1S/C12H4ClF5/c13-8-11(17)9(15)7(10(16)12(8)18)5-3-1-2-4-6(5)14/h1-4H. The van der Waals surface area contributed by atoms with Gasteiger partial charge in [0.25, 0.3) is 0 Å². The van der Waals surface area contributed by atoms with E-state index in [0.29, 0.717) is 0 Å². The van der Waals surface area contributed by atoms with E-state index in [1.807, 2.05) is 0 Å². The molecular weight excluding hydrogens is 275 g/mol. The first-order valence-corrected chi connectivity index (χ1v) is 5.09. The van der Waals surface area contributed by atoms with Crippen LogP contribution in [0.4, 0.5) is 22.0 Å². The van der Waals surface area contributed by atoms with E-state index in [1.165, 1.54) is 12.1 Å². The topological polar surface area (TPSA) is 0 Å². The summed E-state index contributed by atoms with van der Waals surface area (Å²) < 4.78 is 66.9. The molecule has 0 aliphatic heterocycles. The van der Waals surface area contributed by atoms with E-state index in [2.05, 4.69) is 0 Å². The maximum Gasteiger partial charge on any atom is 0.181 e. The molecule has 0 bridgehead atoms. The Bertz CT molecular complexity index is 595. The Morgan fingerprint density at radius 1 is 0.722 bits per heavy atom. The van der Waals surface area contributed by atoms with Crippen molar-refractivity contribution >= 4 is 11.6 Å². The summed E-state index contributed by atoms with van der Waals surface area (Å²) >= 11 is 5.06. The minimum atomic E-state index is -1.76. The fourth-order valence-electron chi connectivity index (χ4n) is 1.51. The van der Waals surface area contributed by atoms with E-state index < -0.39 is 45.2 Å². The lowest BCUT2D eigenvalue weighted by Crippen LogP contribution is -2.01. The molecule has 2 aromatic carbocycles. The second-order valence-electron chi connectivity index (χ2n) is 3.42. The lowest BCUT2D eigenvalue weighted by atomic mass is 10.0. The predicted molar refractivity (Wildman–Crippen MR) is 56.7 cm³/mol. The van der Waals surface area contributed by atoms with E-state index >= 15 is 0 Å². The molecule has 0 heterocycles. The average molecular weight is 279 g/mol. The molecule has 0 N–H and O–H groups in total. The largest absolute Gasteiger partial charge is 0.206 e. The van der Waals surface area contributed by atoms with E-state index in [9.17, 15) is 22.0 Å². The number of rotatable bonds is 1. The molecule has 0 unspecified atom stereocenters. The third kappa shape index (κ3) is 1.84. The Kier molecular flexibility index (Phi) is 3.26. The highest BCUT2D eigenvalue weighted by Gasteiger charge is 2.26. The summed E-state index contributed by atoms with van der Waals surface area (Å²) in [5.41, 5.74) is -1.70. The van der Waals surface area contributed by atoms with E-state index in [4.69, 9.17) is 11.6 Å². The van der Waals surface area contributed by atoms with Crippen molar-refractivity contribution in [2.45, 2.75) is 0 Å². The molecule has 0 aromatic heterocycles. The molecule has 0 nitrogen and oxygen atoms in total. The first kappa shape index (κ1) is 12.8. The van der Waals surface area contributed by atoms with Crippen molar-refractivity contribution in [3.8, 4) is 11.1 Å². The van der Waals surface area contributed by atoms with Gasteiger partial charge in [-0.25, -0.2) is 22.0 Å². The summed E-state index contributed by atoms with van der Waals surface area (Å²) in [6.45, 7) is 0. The lowest BCUT2D eigenvalue weighted by Gasteiger charge is -2.09. The van der Waals surface area contributed by atoms with E-state index in [-0.39, 0.29) is 0 Å². The van der Waals surface area contributed by atoms with Crippen LogP contribution in [0.5, 0.6) is 0 Å². The molecule has 0 saturated carbocycles. The van der Waals surface area contributed by atoms with Gasteiger partial charge in [0, 0.05) is 5.56 Å². The van der Waals surface area contributed by atoms with Crippen LogP contribution in [0, 0.1) is 29.1 Å². The van der Waals surface area contributed by atoms with Crippen LogP contribution in [-0.2, 0) is 0 Å². The highest BCUT2D eigenvalue weighted by Crippen LogP contribution is 2.35. The summed E-state index contributed by atoms with van der Waals surface area (Å²) in [6, 6.07) is 4.47. The molecule has 0 amide bonds. The van der Waals surface area contributed by atoms with Crippen molar-refractivity contribution < 1.29 is 22.0 Å². The monoisotopic (exact) mass is 278 g/mol. The lowest BCUT2D eigenvalue weighted by molar-refractivity contribution is 0.458. The number of halogens is 6. The van der Waals surface area contributed by atoms with Crippen molar-refractivity contribution in [3.63, 3.8) is 0 Å². The number of benzene rings is 2.